The van der Waals surface area contributed by atoms with Crippen molar-refractivity contribution >= 4 is 92.1 Å². The number of carbonyl (C=O) groups is 8. The SMILES string of the molecule is CCCCCCCCCCCOC(=O)CC1=C(CC(=O)OCCCCCCCCCCC)c2cc3[nH]c(cc4[nH]c(cc5nc(cc1n2)C(CC(=O)OCCCCCCCCCCC)=C5CC(=O)OCCCCCCCCCCC)c(CC(=O)OCCCCCCCCCCC)c4CC(=O)OCCCCCCCCCCC)c(CC(=O)OCCCCCCCCCCC)c3CC(=O)OCCCCCCCCCCC. The summed E-state index contributed by atoms with van der Waals surface area (Å²) in [6.07, 6.45) is 74.2. The zero-order valence-electron chi connectivity index (χ0n) is 93.0. The second-order valence-electron chi connectivity index (χ2n) is 41.9. The monoisotopic (exact) mass is 2010 g/mol. The minimum atomic E-state index is -0.557. The third kappa shape index (κ3) is 59.5. The van der Waals surface area contributed by atoms with E-state index in [-0.39, 0.29) is 127 Å². The first-order valence-corrected chi connectivity index (χ1v) is 60.1. The number of hydrogen-bond acceptors (Lipinski definition) is 18. The van der Waals surface area contributed by atoms with Gasteiger partial charge in [0, 0.05) is 22.1 Å². The van der Waals surface area contributed by atoms with Crippen LogP contribution in [0.4, 0.5) is 0 Å². The van der Waals surface area contributed by atoms with Crippen molar-refractivity contribution in [1.82, 2.24) is 19.9 Å². The van der Waals surface area contributed by atoms with Crippen LogP contribution in [0.15, 0.2) is 24.3 Å². The van der Waals surface area contributed by atoms with Crippen LogP contribution in [0.25, 0.3) is 44.4 Å². The fourth-order valence-corrected chi connectivity index (χ4v) is 19.9. The second kappa shape index (κ2) is 86.2. The lowest BCUT2D eigenvalue weighted by Gasteiger charge is -2.11. The number of carbonyl (C=O) groups excluding carboxylic acids is 8. The van der Waals surface area contributed by atoms with Crippen LogP contribution in [0.1, 0.15) is 588 Å². The summed E-state index contributed by atoms with van der Waals surface area (Å²) < 4.78 is 50.0. The van der Waals surface area contributed by atoms with Gasteiger partial charge in [-0.05, 0) is 120 Å². The molecule has 2 aliphatic rings. The van der Waals surface area contributed by atoms with E-state index >= 15 is 38.4 Å². The molecule has 0 saturated heterocycles. The zero-order chi connectivity index (χ0) is 103. The molecule has 0 saturated carbocycles. The summed E-state index contributed by atoms with van der Waals surface area (Å²) in [5, 5.41) is 0. The smallest absolute Gasteiger partial charge is 0.310 e. The third-order valence-electron chi connectivity index (χ3n) is 28.8. The summed E-state index contributed by atoms with van der Waals surface area (Å²) in [5.41, 5.74) is 5.15. The van der Waals surface area contributed by atoms with E-state index in [0.29, 0.717) is 118 Å². The Bertz CT molecular complexity index is 3910. The zero-order valence-corrected chi connectivity index (χ0v) is 93.0. The Balaban J connectivity index is 1.98. The first kappa shape index (κ1) is 127. The lowest BCUT2D eigenvalue weighted by atomic mass is 9.96. The van der Waals surface area contributed by atoms with E-state index in [4.69, 9.17) is 47.9 Å². The van der Waals surface area contributed by atoms with Crippen molar-refractivity contribution < 1.29 is 76.3 Å². The number of hydrogen-bond donors (Lipinski definition) is 2. The normalized spacial score (nSPS) is 12.0. The fourth-order valence-electron chi connectivity index (χ4n) is 19.9. The number of aromatic amines is 2. The maximum atomic E-state index is 15.2. The van der Waals surface area contributed by atoms with Gasteiger partial charge in [0.2, 0.25) is 0 Å². The van der Waals surface area contributed by atoms with Crippen molar-refractivity contribution in [2.75, 3.05) is 52.9 Å². The van der Waals surface area contributed by atoms with E-state index in [0.717, 1.165) is 205 Å². The van der Waals surface area contributed by atoms with E-state index in [9.17, 15) is 0 Å². The molecule has 0 aliphatic carbocycles. The van der Waals surface area contributed by atoms with Gasteiger partial charge in [-0.1, -0.05) is 466 Å². The molecule has 3 aromatic rings. The molecule has 144 heavy (non-hydrogen) atoms. The van der Waals surface area contributed by atoms with Gasteiger partial charge in [-0.15, -0.1) is 0 Å². The highest BCUT2D eigenvalue weighted by Crippen LogP contribution is 2.42. The lowest BCUT2D eigenvalue weighted by Crippen LogP contribution is -2.13. The molecule has 0 spiro atoms. The number of nitrogens with zero attached hydrogens (tertiary/aromatic N) is 2. The van der Waals surface area contributed by atoms with Gasteiger partial charge in [0.15, 0.2) is 0 Å². The Morgan fingerprint density at radius 1 is 0.167 bits per heavy atom. The number of nitrogens with one attached hydrogen (secondary N) is 2. The fraction of sp³-hybridized carbons (Fsp3) is 0.774. The molecule has 0 radical (unpaired) electrons. The average Bonchev–Trinajstić information content (AvgIpc) is 1.60. The summed E-state index contributed by atoms with van der Waals surface area (Å²) in [6, 6.07) is 7.05. The number of H-pyrrole nitrogens is 2. The van der Waals surface area contributed by atoms with Crippen molar-refractivity contribution in [3.05, 3.63) is 69.3 Å². The standard InChI is InChI=1S/C124H206N4O16/c1-9-17-25-33-41-49-57-65-73-81-137-117(129)89-101-102(90-118(130)138-82-74-66-58-50-42-34-26-18-10-2)110-98-112-105(93-121(133)141-85-77-69-61-53-45-37-29-21-13-5)106(94-122(134)142-86-78-70-62-54-46-38-30-22-14-6)114(127-112)100-116-108(96-124(136)144-88-80-72-64-56-48-40-32-24-16-8)107(95-123(135)143-87-79-71-63-55-47-39-31-23-15-7)115(128-116)99-113-104(92-120(132)140-84-76-68-60-52-44-36-28-20-12-4)103(111(126-113)97-109(101)125-110)91-119(131)139-83-75-67-59-51-43-35-27-19-11-3/h97-100,125-126H,9-96H2,1-8H3. The molecule has 818 valence electrons. The van der Waals surface area contributed by atoms with Crippen LogP contribution >= 0.6 is 0 Å². The van der Waals surface area contributed by atoms with Gasteiger partial charge >= 0.3 is 47.8 Å². The van der Waals surface area contributed by atoms with Gasteiger partial charge in [0.05, 0.1) is 127 Å². The molecule has 0 aromatic carbocycles. The molecule has 0 amide bonds. The molecular formula is C124H206N4O16. The van der Waals surface area contributed by atoms with Crippen LogP contribution in [0.5, 0.6) is 0 Å². The Labute approximate surface area is 874 Å². The molecule has 2 aliphatic heterocycles. The van der Waals surface area contributed by atoms with Crippen LogP contribution < -0.4 is 0 Å². The first-order valence-electron chi connectivity index (χ1n) is 60.1. The van der Waals surface area contributed by atoms with Crippen LogP contribution in [0.2, 0.25) is 0 Å². The summed E-state index contributed by atoms with van der Waals surface area (Å²) >= 11 is 0. The molecule has 20 heteroatoms. The van der Waals surface area contributed by atoms with E-state index in [1.54, 1.807) is 18.2 Å². The van der Waals surface area contributed by atoms with Crippen LogP contribution in [-0.4, -0.2) is 121 Å². The number of aromatic nitrogens is 4. The number of rotatable bonds is 96. The van der Waals surface area contributed by atoms with Crippen LogP contribution in [0, 0.1) is 0 Å². The Morgan fingerprint density at radius 3 is 0.444 bits per heavy atom. The number of ether oxygens (including phenoxy) is 8. The van der Waals surface area contributed by atoms with E-state index in [1.807, 2.05) is 6.07 Å². The van der Waals surface area contributed by atoms with Crippen molar-refractivity contribution in [3.63, 3.8) is 0 Å². The predicted octanol–water partition coefficient (Wildman–Crippen LogP) is 34.5. The number of fused-ring (bicyclic) bond motifs is 8. The van der Waals surface area contributed by atoms with Crippen molar-refractivity contribution in [3.8, 4) is 0 Å². The second-order valence-corrected chi connectivity index (χ2v) is 41.9. The van der Waals surface area contributed by atoms with Crippen LogP contribution in [0.3, 0.4) is 0 Å². The van der Waals surface area contributed by atoms with E-state index in [1.165, 1.54) is 205 Å². The van der Waals surface area contributed by atoms with Crippen LogP contribution in [-0.2, 0) is 102 Å². The minimum Gasteiger partial charge on any atom is -0.465 e. The lowest BCUT2D eigenvalue weighted by molar-refractivity contribution is -0.144. The highest BCUT2D eigenvalue weighted by atomic mass is 16.6. The predicted molar refractivity (Wildman–Crippen MR) is 593 cm³/mol. The number of esters is 8. The number of unbranched alkanes of at least 4 members (excludes halogenated alkanes) is 64. The van der Waals surface area contributed by atoms with E-state index < -0.39 is 47.8 Å². The van der Waals surface area contributed by atoms with E-state index in [2.05, 4.69) is 65.4 Å². The molecule has 2 N–H and O–H groups in total. The Hall–Kier alpha value is -7.64. The molecule has 0 fully saturated rings. The maximum Gasteiger partial charge on any atom is 0.310 e. The third-order valence-corrected chi connectivity index (χ3v) is 28.8. The van der Waals surface area contributed by atoms with Gasteiger partial charge < -0.3 is 47.9 Å². The van der Waals surface area contributed by atoms with Crippen molar-refractivity contribution in [2.24, 2.45) is 0 Å². The highest BCUT2D eigenvalue weighted by Gasteiger charge is 2.32. The average molecular weight is 2010 g/mol. The molecule has 0 atom stereocenters. The van der Waals surface area contributed by atoms with Gasteiger partial charge in [-0.25, -0.2) is 9.97 Å². The topological polar surface area (TPSA) is 268 Å². The maximum absolute atomic E-state index is 15.2. The van der Waals surface area contributed by atoms with Gasteiger partial charge in [0.1, 0.15) is 0 Å². The quantitative estimate of drug-likeness (QED) is 0.0302. The minimum absolute atomic E-state index is 0.163. The molecular weight excluding hydrogens is 1800 g/mol. The Kier molecular flexibility index (Phi) is 75.9. The highest BCUT2D eigenvalue weighted by molar-refractivity contribution is 6.07. The molecule has 0 unspecified atom stereocenters. The molecule has 20 nitrogen and oxygen atoms in total. The largest absolute Gasteiger partial charge is 0.465 e. The summed E-state index contributed by atoms with van der Waals surface area (Å²) in [7, 11) is 0. The van der Waals surface area contributed by atoms with Gasteiger partial charge in [-0.2, -0.15) is 0 Å². The summed E-state index contributed by atoms with van der Waals surface area (Å²) in [5.74, 6) is -4.38. The molecule has 5 heterocycles. The van der Waals surface area contributed by atoms with Crippen molar-refractivity contribution in [1.29, 1.82) is 0 Å². The Morgan fingerprint density at radius 2 is 0.292 bits per heavy atom. The summed E-state index contributed by atoms with van der Waals surface area (Å²) in [6.45, 7) is 19.1. The summed E-state index contributed by atoms with van der Waals surface area (Å²) in [4.78, 5) is 140. The van der Waals surface area contributed by atoms with Gasteiger partial charge in [-0.3, -0.25) is 38.4 Å². The molecule has 5 rings (SSSR count). The first-order chi connectivity index (χ1) is 70.6. The van der Waals surface area contributed by atoms with Gasteiger partial charge in [0.25, 0.3) is 0 Å². The van der Waals surface area contributed by atoms with Crippen molar-refractivity contribution in [2.45, 2.75) is 569 Å². The molecule has 3 aromatic heterocycles. The molecule has 8 bridgehead atoms.